The van der Waals surface area contributed by atoms with Gasteiger partial charge in [0, 0.05) is 25.7 Å². The minimum Gasteiger partial charge on any atom is -0.507 e. The lowest BCUT2D eigenvalue weighted by Gasteiger charge is -2.28. The van der Waals surface area contributed by atoms with Crippen LogP contribution in [0.15, 0.2) is 48.5 Å². The number of phenolic OH excluding ortho intramolecular Hbond substituents is 2. The van der Waals surface area contributed by atoms with E-state index < -0.39 is 45.5 Å². The zero-order chi connectivity index (χ0) is 60.7. The number of benzene rings is 4. The fraction of sp³-hybridized carbons (Fsp3) is 0.365. The molecule has 1 aliphatic rings. The Morgan fingerprint density at radius 1 is 0.422 bits per heavy atom. The van der Waals surface area contributed by atoms with Crippen LogP contribution in [0.1, 0.15) is 206 Å². The van der Waals surface area contributed by atoms with E-state index >= 15 is 0 Å². The molecule has 8 bridgehead atoms. The molecular weight excluding hydrogens is 1130 g/mol. The lowest BCUT2D eigenvalue weighted by Crippen LogP contribution is -2.16. The first-order chi connectivity index (χ1) is 38.5. The molecular formula is C63H66N4O12S4. The maximum atomic E-state index is 13.2. The van der Waals surface area contributed by atoms with E-state index in [1.54, 1.807) is 13.8 Å². The summed E-state index contributed by atoms with van der Waals surface area (Å²) in [7, 11) is 0. The predicted molar refractivity (Wildman–Crippen MR) is 323 cm³/mol. The smallest absolute Gasteiger partial charge is 0.351 e. The Labute approximate surface area is 497 Å². The van der Waals surface area contributed by atoms with Crippen molar-refractivity contribution in [2.75, 3.05) is 0 Å². The number of carboxylic acids is 4. The second-order valence-corrected chi connectivity index (χ2v) is 29.2. The van der Waals surface area contributed by atoms with E-state index in [4.69, 9.17) is 19.4 Å². The van der Waals surface area contributed by atoms with E-state index in [0.29, 0.717) is 50.3 Å². The number of carbonyl (C=O) groups is 4. The van der Waals surface area contributed by atoms with Crippen molar-refractivity contribution in [2.24, 2.45) is 0 Å². The topological polar surface area (TPSA) is 260 Å². The van der Waals surface area contributed by atoms with Gasteiger partial charge in [-0.3, -0.25) is 0 Å². The van der Waals surface area contributed by atoms with Crippen molar-refractivity contribution >= 4 is 69.2 Å². The Hall–Kier alpha value is -7.52. The SMILES string of the molecule is Cc1nc(-c2nc(COc3c4cc(C(C)(C)C)cc3Cc3cc(C(C)(C)C)cc(c3O)Cc3cc(C(C)(C)C)cc(c3Oc3nc(-c5nc(C)c(C(=O)O)s5)sc3C(=O)O)Cc3cc(C(C)(C)C)cc(c3O)C4)c(C(=O)O)s2)sc1C(=O)O. The maximum Gasteiger partial charge on any atom is 0.351 e. The number of carboxylic acid groups (broad SMARTS) is 4. The lowest BCUT2D eigenvalue weighted by atomic mass is 9.79. The Morgan fingerprint density at radius 3 is 1.04 bits per heavy atom. The highest BCUT2D eigenvalue weighted by molar-refractivity contribution is 7.24. The van der Waals surface area contributed by atoms with Crippen LogP contribution in [-0.4, -0.2) is 74.5 Å². The minimum atomic E-state index is -1.32. The lowest BCUT2D eigenvalue weighted by molar-refractivity contribution is 0.0688. The summed E-state index contributed by atoms with van der Waals surface area (Å²) < 4.78 is 13.8. The summed E-state index contributed by atoms with van der Waals surface area (Å²) >= 11 is 3.49. The fourth-order valence-corrected chi connectivity index (χ4v) is 13.5. The van der Waals surface area contributed by atoms with Gasteiger partial charge in [-0.15, -0.1) is 45.3 Å². The zero-order valence-corrected chi connectivity index (χ0v) is 52.0. The molecule has 6 N–H and O–H groups in total. The highest BCUT2D eigenvalue weighted by Gasteiger charge is 2.32. The van der Waals surface area contributed by atoms with Gasteiger partial charge in [-0.1, -0.05) is 132 Å². The summed E-state index contributed by atoms with van der Waals surface area (Å²) in [4.78, 5) is 68.2. The Bertz CT molecular complexity index is 3850. The van der Waals surface area contributed by atoms with Crippen molar-refractivity contribution in [1.29, 1.82) is 0 Å². The molecule has 0 saturated heterocycles. The van der Waals surface area contributed by atoms with Crippen LogP contribution in [-0.2, 0) is 54.0 Å². The standard InChI is InChI=1S/C63H66N4O12S4/c1-28-47(56(70)71)80-52(64-28)54-66-42(49(82-54)58(74)75)27-78-45-34-15-30-19-38(60(3,4)5)21-32(43(30)68)17-36-25-41(63(12,13)14)26-37(46(36)79-51-50(59(76)77)83-55(67-51)53-65-29(2)48(81-53)57(72)73)18-33-22-39(61(6,7)8)20-31(44(33)69)16-35(45)24-40(23-34)62(9,10)11/h19-26,68-69H,15-18,27H2,1-14H3,(H,70,71)(H,72,73)(H,74,75)(H,76,77). The van der Waals surface area contributed by atoms with Crippen LogP contribution < -0.4 is 9.47 Å². The molecule has 8 aromatic rings. The average molecular weight is 1200 g/mol. The van der Waals surface area contributed by atoms with Gasteiger partial charge in [-0.2, -0.15) is 4.98 Å². The molecule has 16 nitrogen and oxygen atoms in total. The number of fused-ring (bicyclic) bond motifs is 8. The van der Waals surface area contributed by atoms with Crippen molar-refractivity contribution in [3.8, 4) is 48.9 Å². The Kier molecular flexibility index (Phi) is 15.9. The first kappa shape index (κ1) is 60.1. The Morgan fingerprint density at radius 2 is 0.711 bits per heavy atom. The number of phenols is 2. The quantitative estimate of drug-likeness (QED) is 0.0703. The number of aromatic nitrogens is 4. The van der Waals surface area contributed by atoms with Crippen molar-refractivity contribution in [3.05, 3.63) is 152 Å². The maximum absolute atomic E-state index is 13.2. The second-order valence-electron chi connectivity index (χ2n) is 25.2. The average Bonchev–Trinajstić information content (AvgIpc) is 4.09. The number of aromatic hydroxyl groups is 2. The molecule has 4 heterocycles. The van der Waals surface area contributed by atoms with Gasteiger partial charge in [0.1, 0.15) is 49.9 Å². The molecule has 9 rings (SSSR count). The van der Waals surface area contributed by atoms with Crippen LogP contribution in [0.4, 0.5) is 0 Å². The molecule has 0 atom stereocenters. The fourth-order valence-electron chi connectivity index (χ4n) is 9.88. The largest absolute Gasteiger partial charge is 0.507 e. The number of thiazole rings is 4. The summed E-state index contributed by atoms with van der Waals surface area (Å²) in [5, 5.41) is 67.6. The van der Waals surface area contributed by atoms with Gasteiger partial charge >= 0.3 is 23.9 Å². The molecule has 0 radical (unpaired) electrons. The van der Waals surface area contributed by atoms with Crippen molar-refractivity contribution < 1.29 is 59.3 Å². The molecule has 0 spiro atoms. The van der Waals surface area contributed by atoms with Crippen LogP contribution in [0.2, 0.25) is 0 Å². The molecule has 434 valence electrons. The van der Waals surface area contributed by atoms with Crippen molar-refractivity contribution in [3.63, 3.8) is 0 Å². The molecule has 0 saturated carbocycles. The molecule has 83 heavy (non-hydrogen) atoms. The van der Waals surface area contributed by atoms with Gasteiger partial charge in [0.25, 0.3) is 0 Å². The molecule has 0 unspecified atom stereocenters. The molecule has 1 aliphatic carbocycles. The van der Waals surface area contributed by atoms with Gasteiger partial charge in [0.2, 0.25) is 5.88 Å². The predicted octanol–water partition coefficient (Wildman–Crippen LogP) is 14.9. The monoisotopic (exact) mass is 1200 g/mol. The highest BCUT2D eigenvalue weighted by atomic mass is 32.1. The van der Waals surface area contributed by atoms with Crippen LogP contribution in [0, 0.1) is 13.8 Å². The summed E-state index contributed by atoms with van der Waals surface area (Å²) in [6.45, 7) is 27.9. The number of aryl methyl sites for hydroxylation is 2. The number of hydrogen-bond donors (Lipinski definition) is 6. The summed E-state index contributed by atoms with van der Waals surface area (Å²) in [5.74, 6) is -4.46. The van der Waals surface area contributed by atoms with Crippen LogP contribution in [0.25, 0.3) is 20.0 Å². The molecule has 0 aliphatic heterocycles. The van der Waals surface area contributed by atoms with Crippen molar-refractivity contribution in [2.45, 2.75) is 151 Å². The van der Waals surface area contributed by atoms with E-state index in [1.165, 1.54) is 0 Å². The van der Waals surface area contributed by atoms with Crippen LogP contribution in [0.5, 0.6) is 28.9 Å². The van der Waals surface area contributed by atoms with E-state index in [1.807, 2.05) is 48.5 Å². The molecule has 0 amide bonds. The van der Waals surface area contributed by atoms with Crippen molar-refractivity contribution in [1.82, 2.24) is 19.9 Å². The first-order valence-corrected chi connectivity index (χ1v) is 30.0. The molecule has 0 fully saturated rings. The number of nitrogens with zero attached hydrogens (tertiary/aromatic N) is 4. The molecule has 4 aromatic carbocycles. The number of aromatic carboxylic acids is 4. The van der Waals surface area contributed by atoms with E-state index in [9.17, 15) is 49.8 Å². The van der Waals surface area contributed by atoms with Crippen LogP contribution >= 0.6 is 45.3 Å². The van der Waals surface area contributed by atoms with Gasteiger partial charge in [-0.25, -0.2) is 34.1 Å². The van der Waals surface area contributed by atoms with Gasteiger partial charge < -0.3 is 40.1 Å². The normalized spacial score (nSPS) is 13.0. The highest BCUT2D eigenvalue weighted by Crippen LogP contribution is 2.47. The van der Waals surface area contributed by atoms with Gasteiger partial charge in [-0.05, 0) is 102 Å². The van der Waals surface area contributed by atoms with E-state index in [-0.39, 0.29) is 112 Å². The third kappa shape index (κ3) is 12.4. The second kappa shape index (κ2) is 21.9. The number of hydrogen-bond acceptors (Lipinski definition) is 16. The van der Waals surface area contributed by atoms with Gasteiger partial charge in [0.05, 0.1) is 11.4 Å². The van der Waals surface area contributed by atoms with E-state index in [0.717, 1.165) is 67.6 Å². The van der Waals surface area contributed by atoms with Gasteiger partial charge in [0.15, 0.2) is 24.9 Å². The number of rotatable bonds is 11. The first-order valence-electron chi connectivity index (χ1n) is 26.8. The molecule has 4 aromatic heterocycles. The van der Waals surface area contributed by atoms with E-state index in [2.05, 4.69) is 93.1 Å². The Balaban J connectivity index is 1.30. The molecule has 20 heteroatoms. The third-order valence-electron chi connectivity index (χ3n) is 14.6. The zero-order valence-electron chi connectivity index (χ0n) is 48.7. The summed E-state index contributed by atoms with van der Waals surface area (Å²) in [5.41, 5.74) is 7.24. The number of ether oxygens (including phenoxy) is 2. The minimum absolute atomic E-state index is 0.00239. The van der Waals surface area contributed by atoms with Crippen LogP contribution in [0.3, 0.4) is 0 Å². The summed E-state index contributed by atoms with van der Waals surface area (Å²) in [6.07, 6.45) is 0.404. The summed E-state index contributed by atoms with van der Waals surface area (Å²) in [6, 6.07) is 16.0. The third-order valence-corrected chi connectivity index (χ3v) is 19.3.